The van der Waals surface area contributed by atoms with Crippen molar-refractivity contribution in [2.45, 2.75) is 31.5 Å². The highest BCUT2D eigenvalue weighted by molar-refractivity contribution is 7.93. The third-order valence-electron chi connectivity index (χ3n) is 3.64. The summed E-state index contributed by atoms with van der Waals surface area (Å²) in [6.07, 6.45) is -0.174. The number of nitrogens with one attached hydrogen (secondary N) is 1. The number of ether oxygens (including phenoxy) is 2. The van der Waals surface area contributed by atoms with E-state index in [2.05, 4.69) is 14.9 Å². The van der Waals surface area contributed by atoms with Crippen molar-refractivity contribution in [1.29, 1.82) is 0 Å². The van der Waals surface area contributed by atoms with Crippen molar-refractivity contribution in [2.24, 2.45) is 0 Å². The Morgan fingerprint density at radius 3 is 2.92 bits per heavy atom. The largest absolute Gasteiger partial charge is 0.487 e. The van der Waals surface area contributed by atoms with Crippen LogP contribution in [-0.2, 0) is 26.2 Å². The quantitative estimate of drug-likeness (QED) is 0.815. The monoisotopic (exact) mass is 398 g/mol. The molecule has 1 N–H and O–H groups in total. The Bertz CT molecular complexity index is 928. The Morgan fingerprint density at radius 2 is 2.23 bits per heavy atom. The van der Waals surface area contributed by atoms with Crippen LogP contribution < -0.4 is 14.4 Å². The summed E-state index contributed by atoms with van der Waals surface area (Å²) < 4.78 is 38.3. The number of methoxy groups -OCH3 is 1. The normalized spacial score (nSPS) is 16.7. The summed E-state index contributed by atoms with van der Waals surface area (Å²) in [5.74, 6) is 0.286. The lowest BCUT2D eigenvalue weighted by molar-refractivity contribution is -0.117. The molecule has 2 aromatic rings. The molecule has 0 aliphatic carbocycles. The molecule has 0 bridgehead atoms. The van der Waals surface area contributed by atoms with E-state index in [1.165, 1.54) is 31.1 Å². The number of aromatic nitrogens is 2. The molecule has 1 aromatic carbocycles. The van der Waals surface area contributed by atoms with Crippen molar-refractivity contribution >= 4 is 38.1 Å². The fourth-order valence-corrected chi connectivity index (χ4v) is 4.49. The van der Waals surface area contributed by atoms with Gasteiger partial charge in [0, 0.05) is 14.0 Å². The average Bonchev–Trinajstić information content (AvgIpc) is 3.00. The molecule has 1 aliphatic heterocycles. The highest BCUT2D eigenvalue weighted by atomic mass is 32.2. The van der Waals surface area contributed by atoms with Gasteiger partial charge >= 0.3 is 0 Å². The van der Waals surface area contributed by atoms with Gasteiger partial charge < -0.3 is 14.4 Å². The molecule has 0 spiro atoms. The number of fused-ring (bicyclic) bond motifs is 1. The van der Waals surface area contributed by atoms with Gasteiger partial charge in [-0.05, 0) is 25.1 Å². The lowest BCUT2D eigenvalue weighted by Gasteiger charge is -2.33. The number of anilines is 2. The molecular weight excluding hydrogens is 380 g/mol. The molecule has 3 rings (SSSR count). The van der Waals surface area contributed by atoms with Gasteiger partial charge in [0.05, 0.1) is 17.1 Å². The summed E-state index contributed by atoms with van der Waals surface area (Å²) in [6.45, 7) is 3.88. The van der Waals surface area contributed by atoms with Crippen LogP contribution in [0.4, 0.5) is 10.8 Å². The predicted molar refractivity (Wildman–Crippen MR) is 96.0 cm³/mol. The zero-order valence-corrected chi connectivity index (χ0v) is 16.1. The summed E-state index contributed by atoms with van der Waals surface area (Å²) in [5.41, 5.74) is 0.427. The third kappa shape index (κ3) is 3.79. The highest BCUT2D eigenvalue weighted by Crippen LogP contribution is 2.36. The number of sulfonamides is 1. The van der Waals surface area contributed by atoms with Gasteiger partial charge in [-0.3, -0.25) is 9.52 Å². The second kappa shape index (κ2) is 7.17. The third-order valence-corrected chi connectivity index (χ3v) is 5.91. The maximum Gasteiger partial charge on any atom is 0.263 e. The van der Waals surface area contributed by atoms with E-state index in [0.29, 0.717) is 23.0 Å². The van der Waals surface area contributed by atoms with E-state index in [1.54, 1.807) is 6.07 Å². The van der Waals surface area contributed by atoms with Gasteiger partial charge in [0.25, 0.3) is 10.0 Å². The maximum atomic E-state index is 12.6. The van der Waals surface area contributed by atoms with Crippen molar-refractivity contribution in [3.05, 3.63) is 23.2 Å². The Morgan fingerprint density at radius 1 is 1.46 bits per heavy atom. The highest BCUT2D eigenvalue weighted by Gasteiger charge is 2.28. The van der Waals surface area contributed by atoms with Crippen molar-refractivity contribution in [3.8, 4) is 5.75 Å². The number of carbonyl (C=O) groups excluding carboxylic acids is 1. The van der Waals surface area contributed by atoms with Crippen LogP contribution in [-0.4, -0.2) is 44.3 Å². The fraction of sp³-hybridized carbons (Fsp3) is 0.400. The summed E-state index contributed by atoms with van der Waals surface area (Å²) in [7, 11) is -2.37. The molecule has 0 saturated heterocycles. The SMILES string of the molecule is COCc1nnc(NS(=O)(=O)c2ccc3c(c2)N(C(C)=O)CC(C)O3)s1. The predicted octanol–water partition coefficient (Wildman–Crippen LogP) is 1.62. The molecule has 1 amide bonds. The molecule has 9 nitrogen and oxygen atoms in total. The molecule has 0 radical (unpaired) electrons. The summed E-state index contributed by atoms with van der Waals surface area (Å²) in [5, 5.41) is 8.33. The number of nitrogens with zero attached hydrogens (tertiary/aromatic N) is 3. The summed E-state index contributed by atoms with van der Waals surface area (Å²) >= 11 is 1.09. The standard InChI is InChI=1S/C15H18N4O5S2/c1-9-7-19(10(2)20)12-6-11(4-5-13(12)24-9)26(21,22)18-15-17-16-14(25-15)8-23-3/h4-6,9H,7-8H2,1-3H3,(H,17,18). The Kier molecular flexibility index (Phi) is 5.12. The molecule has 1 aliphatic rings. The summed E-state index contributed by atoms with van der Waals surface area (Å²) in [6, 6.07) is 4.39. The first-order valence-corrected chi connectivity index (χ1v) is 10.0. The van der Waals surface area contributed by atoms with E-state index in [0.717, 1.165) is 11.3 Å². The molecule has 140 valence electrons. The van der Waals surface area contributed by atoms with Crippen LogP contribution in [0.2, 0.25) is 0 Å². The van der Waals surface area contributed by atoms with Crippen LogP contribution >= 0.6 is 11.3 Å². The molecular formula is C15H18N4O5S2. The second-order valence-electron chi connectivity index (χ2n) is 5.73. The van der Waals surface area contributed by atoms with Crippen LogP contribution in [0.5, 0.6) is 5.75 Å². The molecule has 1 unspecified atom stereocenters. The lowest BCUT2D eigenvalue weighted by Crippen LogP contribution is -2.41. The van der Waals surface area contributed by atoms with E-state index < -0.39 is 10.0 Å². The second-order valence-corrected chi connectivity index (χ2v) is 8.47. The molecule has 1 atom stereocenters. The van der Waals surface area contributed by atoms with E-state index >= 15 is 0 Å². The van der Waals surface area contributed by atoms with E-state index in [9.17, 15) is 13.2 Å². The van der Waals surface area contributed by atoms with Gasteiger partial charge in [-0.15, -0.1) is 10.2 Å². The van der Waals surface area contributed by atoms with Crippen LogP contribution in [0.25, 0.3) is 0 Å². The van der Waals surface area contributed by atoms with Gasteiger partial charge in [-0.25, -0.2) is 8.42 Å². The molecule has 1 aromatic heterocycles. The number of hydrogen-bond donors (Lipinski definition) is 1. The van der Waals surface area contributed by atoms with E-state index in [1.807, 2.05) is 6.92 Å². The van der Waals surface area contributed by atoms with Gasteiger partial charge in [0.2, 0.25) is 11.0 Å². The lowest BCUT2D eigenvalue weighted by atomic mass is 10.2. The Labute approximate surface area is 155 Å². The number of amides is 1. The summed E-state index contributed by atoms with van der Waals surface area (Å²) in [4.78, 5) is 13.4. The number of benzene rings is 1. The molecule has 0 saturated carbocycles. The maximum absolute atomic E-state index is 12.6. The molecule has 11 heteroatoms. The van der Waals surface area contributed by atoms with Gasteiger partial charge in [-0.1, -0.05) is 11.3 Å². The first-order chi connectivity index (χ1) is 12.3. The van der Waals surface area contributed by atoms with Gasteiger partial charge in [0.15, 0.2) is 0 Å². The minimum atomic E-state index is -3.89. The van der Waals surface area contributed by atoms with Crippen molar-refractivity contribution in [3.63, 3.8) is 0 Å². The van der Waals surface area contributed by atoms with Gasteiger partial charge in [-0.2, -0.15) is 0 Å². The fourth-order valence-electron chi connectivity index (χ4n) is 2.53. The molecule has 2 heterocycles. The number of rotatable bonds is 5. The average molecular weight is 398 g/mol. The Balaban J connectivity index is 1.90. The van der Waals surface area contributed by atoms with Crippen LogP contribution in [0.3, 0.4) is 0 Å². The van der Waals surface area contributed by atoms with Crippen molar-refractivity contribution < 1.29 is 22.7 Å². The first-order valence-electron chi connectivity index (χ1n) is 7.73. The smallest absolute Gasteiger partial charge is 0.263 e. The number of hydrogen-bond acceptors (Lipinski definition) is 8. The number of carbonyl (C=O) groups is 1. The zero-order chi connectivity index (χ0) is 18.9. The molecule has 0 fully saturated rings. The van der Waals surface area contributed by atoms with Crippen LogP contribution in [0.15, 0.2) is 23.1 Å². The topological polar surface area (TPSA) is 111 Å². The van der Waals surface area contributed by atoms with Crippen LogP contribution in [0, 0.1) is 0 Å². The van der Waals surface area contributed by atoms with Crippen molar-refractivity contribution in [1.82, 2.24) is 10.2 Å². The van der Waals surface area contributed by atoms with Crippen molar-refractivity contribution in [2.75, 3.05) is 23.3 Å². The van der Waals surface area contributed by atoms with E-state index in [4.69, 9.17) is 9.47 Å². The zero-order valence-electron chi connectivity index (χ0n) is 14.4. The van der Waals surface area contributed by atoms with Crippen LogP contribution in [0.1, 0.15) is 18.9 Å². The minimum Gasteiger partial charge on any atom is -0.487 e. The molecule has 26 heavy (non-hydrogen) atoms. The first kappa shape index (κ1) is 18.5. The minimum absolute atomic E-state index is 0.00384. The van der Waals surface area contributed by atoms with E-state index in [-0.39, 0.29) is 28.6 Å². The van der Waals surface area contributed by atoms with Gasteiger partial charge in [0.1, 0.15) is 23.5 Å². The Hall–Kier alpha value is -2.24.